The second-order valence-corrected chi connectivity index (χ2v) is 8.38. The summed E-state index contributed by atoms with van der Waals surface area (Å²) in [5.41, 5.74) is 3.51. The zero-order valence-corrected chi connectivity index (χ0v) is 19.3. The molecule has 6 nitrogen and oxygen atoms in total. The van der Waals surface area contributed by atoms with Gasteiger partial charge < -0.3 is 14.7 Å². The van der Waals surface area contributed by atoms with E-state index in [1.807, 2.05) is 19.1 Å². The fourth-order valence-electron chi connectivity index (χ4n) is 3.96. The van der Waals surface area contributed by atoms with Gasteiger partial charge in [-0.05, 0) is 31.0 Å². The molecule has 0 amide bonds. The number of aliphatic hydroxyl groups excluding tert-OH is 1. The first-order valence-corrected chi connectivity index (χ1v) is 11.3. The molecule has 0 bridgehead atoms. The highest BCUT2D eigenvalue weighted by Gasteiger charge is 2.24. The summed E-state index contributed by atoms with van der Waals surface area (Å²) in [7, 11) is 0. The maximum Gasteiger partial charge on any atom is 0.136 e. The first kappa shape index (κ1) is 23.7. The van der Waals surface area contributed by atoms with Gasteiger partial charge in [-0.2, -0.15) is 0 Å². The number of ether oxygens (including phenoxy) is 1. The molecule has 1 aliphatic heterocycles. The lowest BCUT2D eigenvalue weighted by Crippen LogP contribution is -2.49. The van der Waals surface area contributed by atoms with Crippen molar-refractivity contribution in [3.63, 3.8) is 0 Å². The van der Waals surface area contributed by atoms with Crippen LogP contribution < -0.4 is 4.90 Å². The smallest absolute Gasteiger partial charge is 0.136 e. The van der Waals surface area contributed by atoms with Crippen molar-refractivity contribution in [3.05, 3.63) is 64.6 Å². The predicted octanol–water partition coefficient (Wildman–Crippen LogP) is 3.28. The lowest BCUT2D eigenvalue weighted by Gasteiger charge is -2.37. The fraction of sp³-hybridized carbons (Fsp3) is 0.500. The Morgan fingerprint density at radius 2 is 1.90 bits per heavy atom. The molecule has 3 rings (SSSR count). The van der Waals surface area contributed by atoms with E-state index >= 15 is 0 Å². The Labute approximate surface area is 190 Å². The summed E-state index contributed by atoms with van der Waals surface area (Å²) in [5, 5.41) is 10.9. The van der Waals surface area contributed by atoms with Gasteiger partial charge in [0.2, 0.25) is 0 Å². The van der Waals surface area contributed by atoms with Crippen LogP contribution in [-0.4, -0.2) is 72.0 Å². The van der Waals surface area contributed by atoms with E-state index < -0.39 is 6.10 Å². The molecule has 1 saturated heterocycles. The number of aliphatic hydroxyl groups is 1. The standard InChI is InChI=1S/C24H33ClN4O2/c1-4-14-31-17-21(30)16-28-10-12-29(13-11-28)24-22(23(5-2)26-18(3)27-24)15-19-6-8-20(25)9-7-19/h4,6-9,21,30H,1,5,10-17H2,2-3H3/t21-/m1/s1. The molecule has 0 aliphatic carbocycles. The third-order valence-electron chi connectivity index (χ3n) is 5.50. The fourth-order valence-corrected chi connectivity index (χ4v) is 4.09. The van der Waals surface area contributed by atoms with Crippen molar-refractivity contribution < 1.29 is 9.84 Å². The summed E-state index contributed by atoms with van der Waals surface area (Å²) in [6.07, 6.45) is 2.87. The second-order valence-electron chi connectivity index (χ2n) is 7.94. The van der Waals surface area contributed by atoms with Crippen molar-refractivity contribution >= 4 is 17.4 Å². The molecule has 0 unspecified atom stereocenters. The number of halogens is 1. The largest absolute Gasteiger partial charge is 0.389 e. The Morgan fingerprint density at radius 3 is 2.55 bits per heavy atom. The van der Waals surface area contributed by atoms with Crippen LogP contribution in [-0.2, 0) is 17.6 Å². The lowest BCUT2D eigenvalue weighted by molar-refractivity contribution is 0.0252. The Hall–Kier alpha value is -1.99. The van der Waals surface area contributed by atoms with Crippen LogP contribution >= 0.6 is 11.6 Å². The first-order chi connectivity index (χ1) is 15.0. The van der Waals surface area contributed by atoms with Gasteiger partial charge >= 0.3 is 0 Å². The van der Waals surface area contributed by atoms with Crippen LogP contribution in [0.4, 0.5) is 5.82 Å². The summed E-state index contributed by atoms with van der Waals surface area (Å²) in [6.45, 7) is 12.6. The third kappa shape index (κ3) is 6.74. The number of nitrogens with zero attached hydrogens (tertiary/aromatic N) is 4. The van der Waals surface area contributed by atoms with Crippen LogP contribution in [0, 0.1) is 6.92 Å². The van der Waals surface area contributed by atoms with E-state index in [-0.39, 0.29) is 0 Å². The van der Waals surface area contributed by atoms with Gasteiger partial charge in [0.25, 0.3) is 0 Å². The lowest BCUT2D eigenvalue weighted by atomic mass is 10.0. The zero-order valence-electron chi connectivity index (χ0n) is 18.6. The topological polar surface area (TPSA) is 61.7 Å². The quantitative estimate of drug-likeness (QED) is 0.448. The minimum absolute atomic E-state index is 0.336. The molecule has 0 saturated carbocycles. The predicted molar refractivity (Wildman–Crippen MR) is 126 cm³/mol. The van der Waals surface area contributed by atoms with E-state index in [2.05, 4.69) is 35.4 Å². The SMILES string of the molecule is C=CCOC[C@H](O)CN1CCN(c2nc(C)nc(CC)c2Cc2ccc(Cl)cc2)CC1. The first-order valence-electron chi connectivity index (χ1n) is 10.9. The van der Waals surface area contributed by atoms with Gasteiger partial charge in [0.15, 0.2) is 0 Å². The Bertz CT molecular complexity index is 851. The number of rotatable bonds is 10. The molecule has 0 spiro atoms. The van der Waals surface area contributed by atoms with Crippen LogP contribution in [0.5, 0.6) is 0 Å². The van der Waals surface area contributed by atoms with Crippen LogP contribution in [0.2, 0.25) is 5.02 Å². The number of anilines is 1. The zero-order chi connectivity index (χ0) is 22.2. The maximum atomic E-state index is 10.2. The van der Waals surface area contributed by atoms with Gasteiger partial charge in [0, 0.05) is 55.4 Å². The molecule has 2 heterocycles. The van der Waals surface area contributed by atoms with Crippen molar-refractivity contribution in [2.24, 2.45) is 0 Å². The normalized spacial score (nSPS) is 15.8. The van der Waals surface area contributed by atoms with Crippen LogP contribution in [0.25, 0.3) is 0 Å². The van der Waals surface area contributed by atoms with E-state index in [9.17, 15) is 5.11 Å². The molecule has 1 aromatic carbocycles. The Kier molecular flexibility index (Phi) is 8.84. The average molecular weight is 445 g/mol. The van der Waals surface area contributed by atoms with Gasteiger partial charge in [-0.15, -0.1) is 6.58 Å². The number of hydrogen-bond acceptors (Lipinski definition) is 6. The number of benzene rings is 1. The van der Waals surface area contributed by atoms with Crippen molar-refractivity contribution in [1.82, 2.24) is 14.9 Å². The number of aryl methyl sites for hydroxylation is 2. The summed E-state index contributed by atoms with van der Waals surface area (Å²) < 4.78 is 5.36. The molecular weight excluding hydrogens is 412 g/mol. The molecule has 2 aromatic rings. The maximum absolute atomic E-state index is 10.2. The molecule has 1 atom stereocenters. The van der Waals surface area contributed by atoms with Crippen molar-refractivity contribution in [3.8, 4) is 0 Å². The number of aromatic nitrogens is 2. The van der Waals surface area contributed by atoms with E-state index in [4.69, 9.17) is 26.3 Å². The van der Waals surface area contributed by atoms with E-state index in [0.717, 1.165) is 61.4 Å². The second kappa shape index (κ2) is 11.6. The Balaban J connectivity index is 1.70. The third-order valence-corrected chi connectivity index (χ3v) is 5.75. The molecule has 31 heavy (non-hydrogen) atoms. The summed E-state index contributed by atoms with van der Waals surface area (Å²) in [5.74, 6) is 1.85. The summed E-state index contributed by atoms with van der Waals surface area (Å²) in [6, 6.07) is 8.00. The molecule has 1 aromatic heterocycles. The van der Waals surface area contributed by atoms with Gasteiger partial charge in [0.1, 0.15) is 11.6 Å². The molecule has 1 N–H and O–H groups in total. The van der Waals surface area contributed by atoms with Gasteiger partial charge in [-0.3, -0.25) is 4.90 Å². The monoisotopic (exact) mass is 444 g/mol. The molecule has 0 radical (unpaired) electrons. The van der Waals surface area contributed by atoms with Crippen LogP contribution in [0.3, 0.4) is 0 Å². The van der Waals surface area contributed by atoms with Gasteiger partial charge in [-0.25, -0.2) is 9.97 Å². The molecule has 7 heteroatoms. The van der Waals surface area contributed by atoms with E-state index in [0.29, 0.717) is 19.8 Å². The van der Waals surface area contributed by atoms with Gasteiger partial charge in [0.05, 0.1) is 19.3 Å². The number of β-amino-alcohol motifs (C(OH)–C–C–N with tert-alkyl or cyclic N) is 1. The highest BCUT2D eigenvalue weighted by atomic mass is 35.5. The molecule has 1 fully saturated rings. The van der Waals surface area contributed by atoms with Crippen LogP contribution in [0.15, 0.2) is 36.9 Å². The number of piperazine rings is 1. The summed E-state index contributed by atoms with van der Waals surface area (Å²) >= 11 is 6.06. The van der Waals surface area contributed by atoms with Crippen molar-refractivity contribution in [1.29, 1.82) is 0 Å². The molecule has 168 valence electrons. The van der Waals surface area contributed by atoms with E-state index in [1.165, 1.54) is 11.1 Å². The minimum atomic E-state index is -0.486. The summed E-state index contributed by atoms with van der Waals surface area (Å²) in [4.78, 5) is 14.2. The minimum Gasteiger partial charge on any atom is -0.389 e. The highest BCUT2D eigenvalue weighted by Crippen LogP contribution is 2.26. The van der Waals surface area contributed by atoms with Crippen molar-refractivity contribution in [2.75, 3.05) is 50.8 Å². The Morgan fingerprint density at radius 1 is 1.19 bits per heavy atom. The van der Waals surface area contributed by atoms with Crippen LogP contribution in [0.1, 0.15) is 29.6 Å². The van der Waals surface area contributed by atoms with E-state index in [1.54, 1.807) is 6.08 Å². The highest BCUT2D eigenvalue weighted by molar-refractivity contribution is 6.30. The molecular formula is C24H33ClN4O2. The number of hydrogen-bond donors (Lipinski definition) is 1. The average Bonchev–Trinajstić information content (AvgIpc) is 2.77. The molecule has 1 aliphatic rings. The van der Waals surface area contributed by atoms with Crippen molar-refractivity contribution in [2.45, 2.75) is 32.8 Å². The van der Waals surface area contributed by atoms with Gasteiger partial charge in [-0.1, -0.05) is 36.7 Å².